The molecule has 1 aromatic carbocycles. The number of benzene rings is 1. The molecule has 1 N–H and O–H groups in total. The van der Waals surface area contributed by atoms with Crippen molar-refractivity contribution in [2.75, 3.05) is 25.1 Å². The van der Waals surface area contributed by atoms with Gasteiger partial charge in [-0.1, -0.05) is 39.1 Å². The Morgan fingerprint density at radius 3 is 2.50 bits per heavy atom. The normalized spacial score (nSPS) is 10.4. The minimum Gasteiger partial charge on any atom is -0.381 e. The number of ether oxygens (including phenoxy) is 1. The summed E-state index contributed by atoms with van der Waals surface area (Å²) in [5.41, 5.74) is 0.467. The van der Waals surface area contributed by atoms with Crippen molar-refractivity contribution in [2.45, 2.75) is 6.42 Å². The predicted octanol–water partition coefficient (Wildman–Crippen LogP) is 3.52. The summed E-state index contributed by atoms with van der Waals surface area (Å²) in [6.07, 6.45) is 0.771. The summed E-state index contributed by atoms with van der Waals surface area (Å²) in [5.74, 6) is -0.181. The van der Waals surface area contributed by atoms with Crippen molar-refractivity contribution in [1.29, 1.82) is 0 Å². The topological polar surface area (TPSA) is 38.3 Å². The lowest BCUT2D eigenvalue weighted by atomic mass is 10.2. The van der Waals surface area contributed by atoms with Gasteiger partial charge in [0.2, 0.25) is 0 Å². The fraction of sp³-hybridized carbons (Fsp3) is 0.417. The van der Waals surface area contributed by atoms with E-state index in [0.29, 0.717) is 35.4 Å². The van der Waals surface area contributed by atoms with Crippen LogP contribution < -0.4 is 5.32 Å². The van der Waals surface area contributed by atoms with E-state index in [9.17, 15) is 4.79 Å². The van der Waals surface area contributed by atoms with Gasteiger partial charge in [-0.05, 0) is 24.6 Å². The molecule has 100 valence electrons. The summed E-state index contributed by atoms with van der Waals surface area (Å²) < 4.78 is 5.27. The Bertz CT molecular complexity index is 381. The molecular weight excluding hydrogens is 341 g/mol. The van der Waals surface area contributed by atoms with E-state index in [1.807, 2.05) is 0 Å². The first-order chi connectivity index (χ1) is 8.63. The molecule has 0 bridgehead atoms. The lowest BCUT2D eigenvalue weighted by Crippen LogP contribution is -2.25. The van der Waals surface area contributed by atoms with Crippen LogP contribution in [-0.4, -0.2) is 31.0 Å². The highest BCUT2D eigenvalue weighted by Crippen LogP contribution is 2.18. The average molecular weight is 355 g/mol. The molecule has 0 aliphatic rings. The van der Waals surface area contributed by atoms with Crippen LogP contribution >= 0.6 is 39.1 Å². The Hall–Kier alpha value is -0.290. The van der Waals surface area contributed by atoms with Gasteiger partial charge in [-0.2, -0.15) is 0 Å². The SMILES string of the molecule is O=C(NCCCOCCBr)c1cc(Cl)cc(Cl)c1. The molecule has 0 aliphatic carbocycles. The van der Waals surface area contributed by atoms with Gasteiger partial charge in [-0.3, -0.25) is 4.79 Å². The molecule has 1 aromatic rings. The molecule has 0 spiro atoms. The Kier molecular flexibility index (Phi) is 7.66. The van der Waals surface area contributed by atoms with Crippen LogP contribution in [0.15, 0.2) is 18.2 Å². The fourth-order valence-electron chi connectivity index (χ4n) is 1.32. The van der Waals surface area contributed by atoms with Crippen LogP contribution in [0.1, 0.15) is 16.8 Å². The minimum atomic E-state index is -0.181. The zero-order valence-electron chi connectivity index (χ0n) is 9.72. The molecule has 0 saturated heterocycles. The number of carbonyl (C=O) groups is 1. The van der Waals surface area contributed by atoms with E-state index in [-0.39, 0.29) is 5.91 Å². The molecule has 0 radical (unpaired) electrons. The first-order valence-electron chi connectivity index (χ1n) is 5.51. The van der Waals surface area contributed by atoms with Gasteiger partial charge < -0.3 is 10.1 Å². The Morgan fingerprint density at radius 2 is 1.89 bits per heavy atom. The number of alkyl halides is 1. The van der Waals surface area contributed by atoms with Crippen molar-refractivity contribution in [3.63, 3.8) is 0 Å². The van der Waals surface area contributed by atoms with Crippen molar-refractivity contribution >= 4 is 45.0 Å². The van der Waals surface area contributed by atoms with Crippen LogP contribution in [0.25, 0.3) is 0 Å². The molecule has 1 amide bonds. The summed E-state index contributed by atoms with van der Waals surface area (Å²) >= 11 is 14.9. The molecule has 0 aliphatic heterocycles. The van der Waals surface area contributed by atoms with Gasteiger partial charge in [0.1, 0.15) is 0 Å². The van der Waals surface area contributed by atoms with E-state index in [2.05, 4.69) is 21.2 Å². The molecule has 0 fully saturated rings. The quantitative estimate of drug-likeness (QED) is 0.601. The number of nitrogens with one attached hydrogen (secondary N) is 1. The molecule has 0 heterocycles. The minimum absolute atomic E-state index is 0.181. The smallest absolute Gasteiger partial charge is 0.251 e. The molecule has 18 heavy (non-hydrogen) atoms. The molecule has 0 saturated carbocycles. The molecule has 1 rings (SSSR count). The highest BCUT2D eigenvalue weighted by molar-refractivity contribution is 9.09. The summed E-state index contributed by atoms with van der Waals surface area (Å²) in [5, 5.41) is 4.51. The van der Waals surface area contributed by atoms with Gasteiger partial charge in [-0.15, -0.1) is 0 Å². The van der Waals surface area contributed by atoms with Crippen LogP contribution in [0.5, 0.6) is 0 Å². The van der Waals surface area contributed by atoms with E-state index in [0.717, 1.165) is 11.8 Å². The number of halogens is 3. The van der Waals surface area contributed by atoms with Crippen molar-refractivity contribution in [3.05, 3.63) is 33.8 Å². The summed E-state index contributed by atoms with van der Waals surface area (Å²) in [6, 6.07) is 4.77. The van der Waals surface area contributed by atoms with Crippen LogP contribution in [-0.2, 0) is 4.74 Å². The second-order valence-corrected chi connectivity index (χ2v) is 5.23. The molecular formula is C12H14BrCl2NO2. The standard InChI is InChI=1S/C12H14BrCl2NO2/c13-2-5-18-4-1-3-16-12(17)9-6-10(14)8-11(15)7-9/h6-8H,1-5H2,(H,16,17). The van der Waals surface area contributed by atoms with Crippen LogP contribution in [0.4, 0.5) is 0 Å². The predicted molar refractivity (Wildman–Crippen MR) is 78.0 cm³/mol. The summed E-state index contributed by atoms with van der Waals surface area (Å²) in [7, 11) is 0. The number of hydrogen-bond acceptors (Lipinski definition) is 2. The van der Waals surface area contributed by atoms with Crippen molar-refractivity contribution in [3.8, 4) is 0 Å². The van der Waals surface area contributed by atoms with Gasteiger partial charge in [0.25, 0.3) is 5.91 Å². The summed E-state index contributed by atoms with van der Waals surface area (Å²) in [6.45, 7) is 1.87. The first-order valence-corrected chi connectivity index (χ1v) is 7.39. The Balaban J connectivity index is 2.32. The molecule has 6 heteroatoms. The largest absolute Gasteiger partial charge is 0.381 e. The Labute approximate surface area is 125 Å². The zero-order valence-corrected chi connectivity index (χ0v) is 12.8. The van der Waals surface area contributed by atoms with Gasteiger partial charge in [0.15, 0.2) is 0 Å². The van der Waals surface area contributed by atoms with Crippen molar-refractivity contribution in [2.24, 2.45) is 0 Å². The van der Waals surface area contributed by atoms with E-state index >= 15 is 0 Å². The highest BCUT2D eigenvalue weighted by atomic mass is 79.9. The van der Waals surface area contributed by atoms with E-state index in [1.54, 1.807) is 18.2 Å². The Morgan fingerprint density at radius 1 is 1.22 bits per heavy atom. The summed E-state index contributed by atoms with van der Waals surface area (Å²) in [4.78, 5) is 11.8. The molecule has 0 atom stereocenters. The maximum absolute atomic E-state index is 11.8. The zero-order chi connectivity index (χ0) is 13.4. The van der Waals surface area contributed by atoms with Crippen LogP contribution in [0.2, 0.25) is 10.0 Å². The maximum atomic E-state index is 11.8. The lowest BCUT2D eigenvalue weighted by Gasteiger charge is -2.06. The van der Waals surface area contributed by atoms with E-state index < -0.39 is 0 Å². The molecule has 3 nitrogen and oxygen atoms in total. The number of hydrogen-bond donors (Lipinski definition) is 1. The van der Waals surface area contributed by atoms with Gasteiger partial charge in [-0.25, -0.2) is 0 Å². The third-order valence-electron chi connectivity index (χ3n) is 2.10. The fourth-order valence-corrected chi connectivity index (χ4v) is 2.07. The lowest BCUT2D eigenvalue weighted by molar-refractivity contribution is 0.0944. The molecule has 0 aromatic heterocycles. The van der Waals surface area contributed by atoms with Crippen molar-refractivity contribution in [1.82, 2.24) is 5.32 Å². The molecule has 0 unspecified atom stereocenters. The first kappa shape index (κ1) is 15.8. The van der Waals surface area contributed by atoms with Crippen LogP contribution in [0.3, 0.4) is 0 Å². The average Bonchev–Trinajstić information content (AvgIpc) is 2.32. The third kappa shape index (κ3) is 6.05. The van der Waals surface area contributed by atoms with E-state index in [4.69, 9.17) is 27.9 Å². The van der Waals surface area contributed by atoms with Gasteiger partial charge >= 0.3 is 0 Å². The maximum Gasteiger partial charge on any atom is 0.251 e. The second kappa shape index (κ2) is 8.75. The number of carbonyl (C=O) groups excluding carboxylic acids is 1. The number of amides is 1. The van der Waals surface area contributed by atoms with Crippen molar-refractivity contribution < 1.29 is 9.53 Å². The highest BCUT2D eigenvalue weighted by Gasteiger charge is 2.06. The van der Waals surface area contributed by atoms with Gasteiger partial charge in [0.05, 0.1) is 6.61 Å². The third-order valence-corrected chi connectivity index (χ3v) is 2.86. The van der Waals surface area contributed by atoms with E-state index in [1.165, 1.54) is 0 Å². The second-order valence-electron chi connectivity index (χ2n) is 3.57. The monoisotopic (exact) mass is 353 g/mol. The van der Waals surface area contributed by atoms with Crippen LogP contribution in [0, 0.1) is 0 Å². The van der Waals surface area contributed by atoms with Gasteiger partial charge in [0, 0.05) is 34.1 Å². The number of rotatable bonds is 7.